The van der Waals surface area contributed by atoms with E-state index >= 15 is 0 Å². The van der Waals surface area contributed by atoms with E-state index in [-0.39, 0.29) is 28.9 Å². The fraction of sp³-hybridized carbons (Fsp3) is 0.414. The molecule has 2 fully saturated rings. The number of hydrogen-bond acceptors (Lipinski definition) is 9. The molecule has 3 N–H and O–H groups in total. The number of anilines is 5. The maximum absolute atomic E-state index is 12.8. The van der Waals surface area contributed by atoms with Gasteiger partial charge in [-0.2, -0.15) is 10.1 Å². The minimum absolute atomic E-state index is 0.125. The third-order valence-corrected chi connectivity index (χ3v) is 7.44. The first kappa shape index (κ1) is 27.3. The van der Waals surface area contributed by atoms with Gasteiger partial charge in [0.2, 0.25) is 5.95 Å². The second-order valence-corrected chi connectivity index (χ2v) is 11.1. The van der Waals surface area contributed by atoms with Gasteiger partial charge in [-0.15, -0.1) is 6.58 Å². The molecule has 0 atom stereocenters. The van der Waals surface area contributed by atoms with Crippen molar-refractivity contribution in [3.05, 3.63) is 70.7 Å². The Morgan fingerprint density at radius 2 is 1.98 bits per heavy atom. The second-order valence-electron chi connectivity index (χ2n) is 11.1. The lowest BCUT2D eigenvalue weighted by atomic mass is 9.79. The molecular formula is C29H37N9O2. The summed E-state index contributed by atoms with van der Waals surface area (Å²) in [6, 6.07) is 9.14. The molecule has 2 aromatic heterocycles. The molecule has 40 heavy (non-hydrogen) atoms. The van der Waals surface area contributed by atoms with Crippen LogP contribution in [0.2, 0.25) is 0 Å². The Labute approximate surface area is 234 Å². The highest BCUT2D eigenvalue weighted by Crippen LogP contribution is 2.41. The van der Waals surface area contributed by atoms with Crippen LogP contribution in [0, 0.1) is 12.3 Å². The SMILES string of the molecule is C=CCNC(=O)c1cnc(Nc2ccc(N3CCC4(CN(C)C4)C3)c(C)c2)nc1Nc1ccc(=O)n(C(C)C)n1. The number of carbonyl (C=O) groups excluding carboxylic acids is 1. The molecule has 1 spiro atoms. The summed E-state index contributed by atoms with van der Waals surface area (Å²) in [6.07, 6.45) is 4.30. The van der Waals surface area contributed by atoms with E-state index in [0.717, 1.165) is 18.8 Å². The van der Waals surface area contributed by atoms with E-state index in [0.29, 0.717) is 23.7 Å². The molecule has 2 aliphatic rings. The Bertz CT molecular complexity index is 1480. The summed E-state index contributed by atoms with van der Waals surface area (Å²) in [4.78, 5) is 38.9. The highest BCUT2D eigenvalue weighted by atomic mass is 16.1. The van der Waals surface area contributed by atoms with Crippen LogP contribution in [-0.4, -0.2) is 70.3 Å². The minimum Gasteiger partial charge on any atom is -0.371 e. The Morgan fingerprint density at radius 1 is 1.18 bits per heavy atom. The summed E-state index contributed by atoms with van der Waals surface area (Å²) >= 11 is 0. The number of likely N-dealkylation sites (tertiary alicyclic amines) is 1. The van der Waals surface area contributed by atoms with Crippen LogP contribution in [0.4, 0.5) is 29.0 Å². The van der Waals surface area contributed by atoms with Gasteiger partial charge in [0.1, 0.15) is 11.4 Å². The van der Waals surface area contributed by atoms with Gasteiger partial charge in [0.25, 0.3) is 11.5 Å². The van der Waals surface area contributed by atoms with Crippen molar-refractivity contribution in [1.82, 2.24) is 30.0 Å². The van der Waals surface area contributed by atoms with Crippen LogP contribution in [0.3, 0.4) is 0 Å². The summed E-state index contributed by atoms with van der Waals surface area (Å²) in [5.74, 6) is 0.621. The van der Waals surface area contributed by atoms with Crippen molar-refractivity contribution >= 4 is 34.9 Å². The lowest BCUT2D eigenvalue weighted by Gasteiger charge is -2.46. The molecule has 1 aromatic carbocycles. The van der Waals surface area contributed by atoms with Crippen molar-refractivity contribution in [3.63, 3.8) is 0 Å². The van der Waals surface area contributed by atoms with Crippen molar-refractivity contribution in [1.29, 1.82) is 0 Å². The van der Waals surface area contributed by atoms with Crippen LogP contribution in [-0.2, 0) is 0 Å². The van der Waals surface area contributed by atoms with E-state index in [2.05, 4.69) is 73.5 Å². The standard InChI is InChI=1S/C29H37N9O2/c1-6-12-30-27(40)22-15-31-28(34-26(22)33-24-9-10-25(39)38(35-24)19(2)3)32-21-7-8-23(20(4)14-21)37-13-11-29(18-37)16-36(5)17-29/h6-10,14-15,19H,1,11-13,16-18H2,2-5H3,(H,30,40)(H2,31,32,33,34,35). The molecule has 4 heterocycles. The van der Waals surface area contributed by atoms with Gasteiger partial charge < -0.3 is 25.8 Å². The quantitative estimate of drug-likeness (QED) is 0.349. The number of nitrogens with one attached hydrogen (secondary N) is 3. The third-order valence-electron chi connectivity index (χ3n) is 7.44. The van der Waals surface area contributed by atoms with Crippen molar-refractivity contribution < 1.29 is 4.79 Å². The average molecular weight is 544 g/mol. The van der Waals surface area contributed by atoms with Crippen LogP contribution < -0.4 is 26.4 Å². The van der Waals surface area contributed by atoms with Crippen molar-refractivity contribution in [3.8, 4) is 0 Å². The largest absolute Gasteiger partial charge is 0.371 e. The summed E-state index contributed by atoms with van der Waals surface area (Å²) < 4.78 is 1.37. The van der Waals surface area contributed by atoms with E-state index in [1.54, 1.807) is 12.1 Å². The average Bonchev–Trinajstić information content (AvgIpc) is 3.33. The number of aromatic nitrogens is 4. The van der Waals surface area contributed by atoms with E-state index in [4.69, 9.17) is 0 Å². The van der Waals surface area contributed by atoms with Gasteiger partial charge in [-0.1, -0.05) is 6.08 Å². The zero-order valence-corrected chi connectivity index (χ0v) is 23.6. The highest BCUT2D eigenvalue weighted by molar-refractivity contribution is 5.99. The summed E-state index contributed by atoms with van der Waals surface area (Å²) in [5.41, 5.74) is 3.74. The molecule has 11 nitrogen and oxygen atoms in total. The molecule has 210 valence electrons. The first-order chi connectivity index (χ1) is 19.2. The summed E-state index contributed by atoms with van der Waals surface area (Å²) in [5, 5.41) is 13.5. The lowest BCUT2D eigenvalue weighted by Crippen LogP contribution is -2.55. The molecular weight excluding hydrogens is 506 g/mol. The van der Waals surface area contributed by atoms with E-state index in [1.807, 2.05) is 19.9 Å². The Kier molecular flexibility index (Phi) is 7.57. The van der Waals surface area contributed by atoms with Crippen molar-refractivity contribution in [2.45, 2.75) is 33.2 Å². The molecule has 1 amide bonds. The number of amides is 1. The number of benzene rings is 1. The zero-order chi connectivity index (χ0) is 28.4. The van der Waals surface area contributed by atoms with Crippen LogP contribution in [0.1, 0.15) is 42.2 Å². The fourth-order valence-corrected chi connectivity index (χ4v) is 5.66. The third kappa shape index (κ3) is 5.69. The summed E-state index contributed by atoms with van der Waals surface area (Å²) in [7, 11) is 2.18. The molecule has 0 unspecified atom stereocenters. The lowest BCUT2D eigenvalue weighted by molar-refractivity contribution is 0.0424. The number of rotatable bonds is 9. The molecule has 5 rings (SSSR count). The molecule has 3 aromatic rings. The monoisotopic (exact) mass is 543 g/mol. The first-order valence-electron chi connectivity index (χ1n) is 13.6. The molecule has 0 radical (unpaired) electrons. The van der Waals surface area contributed by atoms with E-state index in [9.17, 15) is 9.59 Å². The van der Waals surface area contributed by atoms with Crippen molar-refractivity contribution in [2.75, 3.05) is 55.3 Å². The zero-order valence-electron chi connectivity index (χ0n) is 23.6. The van der Waals surface area contributed by atoms with Gasteiger partial charge in [-0.05, 0) is 64.1 Å². The topological polar surface area (TPSA) is 120 Å². The Hall–Kier alpha value is -4.25. The number of nitrogens with zero attached hydrogens (tertiary/aromatic N) is 6. The second kappa shape index (κ2) is 11.1. The number of carbonyl (C=O) groups is 1. The molecule has 0 bridgehead atoms. The van der Waals surface area contributed by atoms with Gasteiger partial charge in [0.05, 0.1) is 6.04 Å². The van der Waals surface area contributed by atoms with Crippen LogP contribution in [0.25, 0.3) is 0 Å². The highest BCUT2D eigenvalue weighted by Gasteiger charge is 2.46. The number of aryl methyl sites for hydroxylation is 1. The molecule has 0 saturated carbocycles. The van der Waals surface area contributed by atoms with Gasteiger partial charge in [0, 0.05) is 61.8 Å². The van der Waals surface area contributed by atoms with Gasteiger partial charge >= 0.3 is 0 Å². The van der Waals surface area contributed by atoms with Gasteiger partial charge in [-0.3, -0.25) is 9.59 Å². The Morgan fingerprint density at radius 3 is 2.67 bits per heavy atom. The van der Waals surface area contributed by atoms with E-state index < -0.39 is 0 Å². The van der Waals surface area contributed by atoms with Crippen molar-refractivity contribution in [2.24, 2.45) is 5.41 Å². The molecule has 0 aliphatic carbocycles. The molecule has 2 aliphatic heterocycles. The van der Waals surface area contributed by atoms with E-state index in [1.165, 1.54) is 47.7 Å². The minimum atomic E-state index is -0.354. The van der Waals surface area contributed by atoms with Crippen LogP contribution in [0.5, 0.6) is 0 Å². The molecule has 2 saturated heterocycles. The fourth-order valence-electron chi connectivity index (χ4n) is 5.66. The predicted octanol–water partition coefficient (Wildman–Crippen LogP) is 3.47. The van der Waals surface area contributed by atoms with Gasteiger partial charge in [-0.25, -0.2) is 9.67 Å². The predicted molar refractivity (Wildman–Crippen MR) is 158 cm³/mol. The van der Waals surface area contributed by atoms with Gasteiger partial charge in [0.15, 0.2) is 5.82 Å². The van der Waals surface area contributed by atoms with Crippen LogP contribution >= 0.6 is 0 Å². The first-order valence-corrected chi connectivity index (χ1v) is 13.6. The maximum Gasteiger partial charge on any atom is 0.267 e. The number of hydrogen-bond donors (Lipinski definition) is 3. The maximum atomic E-state index is 12.8. The summed E-state index contributed by atoms with van der Waals surface area (Å²) in [6.45, 7) is 14.3. The van der Waals surface area contributed by atoms with Crippen LogP contribution in [0.15, 0.2) is 54.0 Å². The normalized spacial score (nSPS) is 16.2. The smallest absolute Gasteiger partial charge is 0.267 e. The molecule has 11 heteroatoms. The Balaban J connectivity index is 1.37.